The fourth-order valence-electron chi connectivity index (χ4n) is 1.98. The van der Waals surface area contributed by atoms with Crippen LogP contribution in [-0.2, 0) is 4.74 Å². The van der Waals surface area contributed by atoms with Gasteiger partial charge in [-0.2, -0.15) is 0 Å². The molecule has 16 heavy (non-hydrogen) atoms. The van der Waals surface area contributed by atoms with Crippen molar-refractivity contribution in [1.82, 2.24) is 0 Å². The van der Waals surface area contributed by atoms with Gasteiger partial charge >= 0.3 is 0 Å². The van der Waals surface area contributed by atoms with Crippen LogP contribution in [0.2, 0.25) is 0 Å². The van der Waals surface area contributed by atoms with Gasteiger partial charge in [0.15, 0.2) is 0 Å². The summed E-state index contributed by atoms with van der Waals surface area (Å²) in [6, 6.07) is 6.12. The largest absolute Gasteiger partial charge is 0.399 e. The molecule has 1 aliphatic heterocycles. The topological polar surface area (TPSA) is 47.3 Å². The van der Waals surface area contributed by atoms with Gasteiger partial charge in [-0.05, 0) is 53.9 Å². The van der Waals surface area contributed by atoms with Crippen LogP contribution < -0.4 is 11.1 Å². The molecule has 2 rings (SSSR count). The zero-order valence-corrected chi connectivity index (χ0v) is 11.0. The molecule has 1 aromatic rings. The highest BCUT2D eigenvalue weighted by Crippen LogP contribution is 2.27. The number of benzene rings is 1. The van der Waals surface area contributed by atoms with Crippen molar-refractivity contribution in [3.8, 4) is 0 Å². The number of ether oxygens (including phenoxy) is 1. The lowest BCUT2D eigenvalue weighted by atomic mass is 10.1. The minimum Gasteiger partial charge on any atom is -0.399 e. The summed E-state index contributed by atoms with van der Waals surface area (Å²) in [5.74, 6) is 0. The SMILES string of the molecule is CC(Nc1ccc(N)cc1Br)C1CCCO1. The minimum absolute atomic E-state index is 0.322. The van der Waals surface area contributed by atoms with E-state index in [0.29, 0.717) is 12.1 Å². The summed E-state index contributed by atoms with van der Waals surface area (Å²) in [6.07, 6.45) is 2.63. The van der Waals surface area contributed by atoms with Crippen molar-refractivity contribution in [3.63, 3.8) is 0 Å². The maximum absolute atomic E-state index is 5.70. The van der Waals surface area contributed by atoms with Crippen LogP contribution in [0.25, 0.3) is 0 Å². The van der Waals surface area contributed by atoms with Crippen LogP contribution >= 0.6 is 15.9 Å². The Morgan fingerprint density at radius 2 is 2.38 bits per heavy atom. The van der Waals surface area contributed by atoms with E-state index in [1.165, 1.54) is 6.42 Å². The second-order valence-electron chi connectivity index (χ2n) is 4.22. The molecule has 3 N–H and O–H groups in total. The molecule has 2 unspecified atom stereocenters. The monoisotopic (exact) mass is 284 g/mol. The molecule has 88 valence electrons. The highest BCUT2D eigenvalue weighted by Gasteiger charge is 2.22. The smallest absolute Gasteiger partial charge is 0.0774 e. The zero-order valence-electron chi connectivity index (χ0n) is 9.37. The molecule has 0 aromatic heterocycles. The summed E-state index contributed by atoms with van der Waals surface area (Å²) >= 11 is 3.50. The molecular weight excluding hydrogens is 268 g/mol. The molecular formula is C12H17BrN2O. The quantitative estimate of drug-likeness (QED) is 0.839. The van der Waals surface area contributed by atoms with Crippen molar-refractivity contribution < 1.29 is 4.74 Å². The molecule has 3 nitrogen and oxygen atoms in total. The highest BCUT2D eigenvalue weighted by molar-refractivity contribution is 9.10. The molecule has 2 atom stereocenters. The minimum atomic E-state index is 0.322. The number of anilines is 2. The van der Waals surface area contributed by atoms with Crippen molar-refractivity contribution in [1.29, 1.82) is 0 Å². The number of nitrogens with two attached hydrogens (primary N) is 1. The zero-order chi connectivity index (χ0) is 11.5. The van der Waals surface area contributed by atoms with Crippen LogP contribution in [0.4, 0.5) is 11.4 Å². The second kappa shape index (κ2) is 5.06. The Kier molecular flexibility index (Phi) is 3.71. The maximum atomic E-state index is 5.70. The molecule has 0 amide bonds. The molecule has 1 aliphatic rings. The van der Waals surface area contributed by atoms with Crippen molar-refractivity contribution in [2.24, 2.45) is 0 Å². The lowest BCUT2D eigenvalue weighted by Gasteiger charge is -2.22. The van der Waals surface area contributed by atoms with Gasteiger partial charge in [0.05, 0.1) is 6.10 Å². The van der Waals surface area contributed by atoms with Crippen LogP contribution in [0.5, 0.6) is 0 Å². The van der Waals surface area contributed by atoms with Crippen molar-refractivity contribution >= 4 is 27.3 Å². The average Bonchev–Trinajstić information content (AvgIpc) is 2.75. The highest BCUT2D eigenvalue weighted by atomic mass is 79.9. The van der Waals surface area contributed by atoms with E-state index < -0.39 is 0 Å². The third-order valence-corrected chi connectivity index (χ3v) is 3.55. The molecule has 1 fully saturated rings. The van der Waals surface area contributed by atoms with Gasteiger partial charge in [0.1, 0.15) is 0 Å². The number of nitrogens with one attached hydrogen (secondary N) is 1. The first-order valence-corrected chi connectivity index (χ1v) is 6.39. The lowest BCUT2D eigenvalue weighted by Crippen LogP contribution is -2.30. The first kappa shape index (κ1) is 11.7. The molecule has 1 heterocycles. The summed E-state index contributed by atoms with van der Waals surface area (Å²) in [5, 5.41) is 3.45. The lowest BCUT2D eigenvalue weighted by molar-refractivity contribution is 0.0996. The molecule has 1 aromatic carbocycles. The maximum Gasteiger partial charge on any atom is 0.0774 e. The molecule has 0 saturated carbocycles. The fraction of sp³-hybridized carbons (Fsp3) is 0.500. The van der Waals surface area contributed by atoms with Gasteiger partial charge in [-0.25, -0.2) is 0 Å². The first-order valence-electron chi connectivity index (χ1n) is 5.60. The number of hydrogen-bond donors (Lipinski definition) is 2. The van der Waals surface area contributed by atoms with Gasteiger partial charge in [-0.1, -0.05) is 0 Å². The van der Waals surface area contributed by atoms with Gasteiger partial charge in [-0.15, -0.1) is 0 Å². The Labute approximate surface area is 104 Å². The number of nitrogen functional groups attached to an aromatic ring is 1. The standard InChI is InChI=1S/C12H17BrN2O/c1-8(12-3-2-6-16-12)15-11-5-4-9(14)7-10(11)13/h4-5,7-8,12,15H,2-3,6,14H2,1H3. The van der Waals surface area contributed by atoms with Gasteiger partial charge in [0.25, 0.3) is 0 Å². The van der Waals surface area contributed by atoms with Crippen LogP contribution in [0.1, 0.15) is 19.8 Å². The Bertz CT molecular complexity index is 364. The third kappa shape index (κ3) is 2.68. The van der Waals surface area contributed by atoms with E-state index in [1.54, 1.807) is 0 Å². The van der Waals surface area contributed by atoms with Crippen LogP contribution in [0, 0.1) is 0 Å². The Balaban J connectivity index is 2.02. The average molecular weight is 285 g/mol. The Morgan fingerprint density at radius 3 is 3.00 bits per heavy atom. The summed E-state index contributed by atoms with van der Waals surface area (Å²) in [7, 11) is 0. The van der Waals surface area contributed by atoms with Crippen molar-refractivity contribution in [2.75, 3.05) is 17.7 Å². The molecule has 0 bridgehead atoms. The molecule has 0 aliphatic carbocycles. The summed E-state index contributed by atoms with van der Waals surface area (Å²) in [5.41, 5.74) is 7.53. The van der Waals surface area contributed by atoms with Gasteiger partial charge in [-0.3, -0.25) is 0 Å². The van der Waals surface area contributed by atoms with Crippen LogP contribution in [0.3, 0.4) is 0 Å². The van der Waals surface area contributed by atoms with E-state index in [-0.39, 0.29) is 0 Å². The number of rotatable bonds is 3. The molecule has 1 saturated heterocycles. The summed E-state index contributed by atoms with van der Waals surface area (Å²) in [4.78, 5) is 0. The summed E-state index contributed by atoms with van der Waals surface area (Å²) in [6.45, 7) is 3.04. The van der Waals surface area contributed by atoms with Gasteiger partial charge in [0.2, 0.25) is 0 Å². The Hall–Kier alpha value is -0.740. The third-order valence-electron chi connectivity index (χ3n) is 2.90. The predicted octanol–water partition coefficient (Wildman–Crippen LogP) is 3.01. The normalized spacial score (nSPS) is 22.0. The van der Waals surface area contributed by atoms with E-state index in [0.717, 1.165) is 28.9 Å². The molecule has 0 spiro atoms. The number of hydrogen-bond acceptors (Lipinski definition) is 3. The van der Waals surface area contributed by atoms with Gasteiger partial charge in [0, 0.05) is 28.5 Å². The van der Waals surface area contributed by atoms with E-state index in [9.17, 15) is 0 Å². The molecule has 0 radical (unpaired) electrons. The van der Waals surface area contributed by atoms with E-state index in [2.05, 4.69) is 28.2 Å². The number of halogens is 1. The first-order chi connectivity index (χ1) is 7.66. The Morgan fingerprint density at radius 1 is 1.56 bits per heavy atom. The fourth-order valence-corrected chi connectivity index (χ4v) is 2.49. The second-order valence-corrected chi connectivity index (χ2v) is 5.08. The van der Waals surface area contributed by atoms with Crippen molar-refractivity contribution in [2.45, 2.75) is 31.9 Å². The van der Waals surface area contributed by atoms with Crippen LogP contribution in [-0.4, -0.2) is 18.8 Å². The van der Waals surface area contributed by atoms with Crippen molar-refractivity contribution in [3.05, 3.63) is 22.7 Å². The van der Waals surface area contributed by atoms with E-state index >= 15 is 0 Å². The predicted molar refractivity (Wildman–Crippen MR) is 70.6 cm³/mol. The van der Waals surface area contributed by atoms with E-state index in [1.807, 2.05) is 18.2 Å². The molecule has 4 heteroatoms. The van der Waals surface area contributed by atoms with Gasteiger partial charge < -0.3 is 15.8 Å². The van der Waals surface area contributed by atoms with E-state index in [4.69, 9.17) is 10.5 Å². The van der Waals surface area contributed by atoms with Crippen LogP contribution in [0.15, 0.2) is 22.7 Å². The summed E-state index contributed by atoms with van der Waals surface area (Å²) < 4.78 is 6.65.